The number of nitrogens with one attached hydrogen (secondary N) is 1. The largest absolute Gasteiger partial charge is 0.490 e. The van der Waals surface area contributed by atoms with Crippen molar-refractivity contribution in [3.63, 3.8) is 0 Å². The molecule has 31 heavy (non-hydrogen) atoms. The van der Waals surface area contributed by atoms with Crippen LogP contribution in [0.4, 0.5) is 0 Å². The van der Waals surface area contributed by atoms with Crippen LogP contribution < -0.4 is 10.2 Å². The van der Waals surface area contributed by atoms with Crippen LogP contribution in [0.15, 0.2) is 41.5 Å². The average molecular weight is 429 g/mol. The molecule has 1 aromatic carbocycles. The van der Waals surface area contributed by atoms with E-state index < -0.39 is 17.8 Å². The Morgan fingerprint density at radius 2 is 1.74 bits per heavy atom. The minimum Gasteiger partial charge on any atom is -0.490 e. The summed E-state index contributed by atoms with van der Waals surface area (Å²) in [6.07, 6.45) is 2.97. The van der Waals surface area contributed by atoms with E-state index in [2.05, 4.69) is 10.5 Å². The molecule has 9 heteroatoms. The maximum Gasteiger partial charge on any atom is 0.356 e. The van der Waals surface area contributed by atoms with Crippen LogP contribution in [0.25, 0.3) is 0 Å². The second-order valence-electron chi connectivity index (χ2n) is 8.20. The number of hydrazone groups is 1. The Balaban J connectivity index is 1.79. The van der Waals surface area contributed by atoms with Crippen LogP contribution in [-0.2, 0) is 24.0 Å². The molecule has 0 aromatic heterocycles. The van der Waals surface area contributed by atoms with Gasteiger partial charge in [0.25, 0.3) is 11.8 Å². The predicted octanol–water partition coefficient (Wildman–Crippen LogP) is 2.51. The van der Waals surface area contributed by atoms with E-state index in [0.717, 1.165) is 11.6 Å². The minimum atomic E-state index is -0.831. The first kappa shape index (κ1) is 23.8. The molecule has 1 aliphatic heterocycles. The topological polar surface area (TPSA) is 114 Å². The lowest BCUT2D eigenvalue weighted by molar-refractivity contribution is -0.193. The van der Waals surface area contributed by atoms with Gasteiger partial charge in [-0.3, -0.25) is 14.4 Å². The van der Waals surface area contributed by atoms with Crippen LogP contribution in [0.3, 0.4) is 0 Å². The van der Waals surface area contributed by atoms with E-state index in [9.17, 15) is 19.2 Å². The van der Waals surface area contributed by atoms with Crippen molar-refractivity contribution in [2.45, 2.75) is 47.0 Å². The molecule has 1 aromatic rings. The molecule has 2 rings (SSSR count). The fourth-order valence-electron chi connectivity index (χ4n) is 2.59. The minimum absolute atomic E-state index is 0.0441. The maximum absolute atomic E-state index is 11.9. The fraction of sp³-hybridized carbons (Fsp3) is 0.409. The van der Waals surface area contributed by atoms with Crippen molar-refractivity contribution >= 4 is 29.4 Å². The molecule has 1 N–H and O–H groups in total. The van der Waals surface area contributed by atoms with Gasteiger partial charge in [0.05, 0.1) is 5.71 Å². The second kappa shape index (κ2) is 10.5. The van der Waals surface area contributed by atoms with Crippen LogP contribution in [0.5, 0.6) is 5.75 Å². The van der Waals surface area contributed by atoms with Crippen molar-refractivity contribution in [2.75, 3.05) is 6.61 Å². The molecule has 0 atom stereocenters. The van der Waals surface area contributed by atoms with E-state index in [-0.39, 0.29) is 30.8 Å². The van der Waals surface area contributed by atoms with E-state index in [1.165, 1.54) is 6.08 Å². The summed E-state index contributed by atoms with van der Waals surface area (Å²) in [6, 6.07) is 7.07. The third kappa shape index (κ3) is 8.04. The number of ether oxygens (including phenoxy) is 1. The van der Waals surface area contributed by atoms with E-state index in [1.807, 2.05) is 20.8 Å². The van der Waals surface area contributed by atoms with E-state index in [1.54, 1.807) is 31.2 Å². The molecule has 1 aliphatic rings. The zero-order chi connectivity index (χ0) is 23.0. The highest BCUT2D eigenvalue weighted by atomic mass is 16.7. The molecule has 0 unspecified atom stereocenters. The predicted molar refractivity (Wildman–Crippen MR) is 113 cm³/mol. The average Bonchev–Trinajstić information content (AvgIpc) is 3.00. The highest BCUT2D eigenvalue weighted by Crippen LogP contribution is 2.18. The number of benzene rings is 1. The van der Waals surface area contributed by atoms with Gasteiger partial charge < -0.3 is 9.57 Å². The summed E-state index contributed by atoms with van der Waals surface area (Å²) in [6.45, 7) is 7.82. The lowest BCUT2D eigenvalue weighted by Gasteiger charge is -2.16. The Bertz CT molecular complexity index is 881. The Morgan fingerprint density at radius 3 is 2.32 bits per heavy atom. The number of amides is 3. The number of hydroxylamine groups is 2. The summed E-state index contributed by atoms with van der Waals surface area (Å²) in [4.78, 5) is 51.0. The number of carbonyl (C=O) groups excluding carboxylic acids is 4. The first-order valence-electron chi connectivity index (χ1n) is 9.86. The van der Waals surface area contributed by atoms with Gasteiger partial charge in [-0.05, 0) is 48.2 Å². The third-order valence-electron chi connectivity index (χ3n) is 4.10. The number of hydrogen-bond donors (Lipinski definition) is 1. The van der Waals surface area contributed by atoms with Gasteiger partial charge in [-0.1, -0.05) is 20.8 Å². The summed E-state index contributed by atoms with van der Waals surface area (Å²) in [5.74, 6) is -1.47. The molecule has 0 aliphatic carbocycles. The highest BCUT2D eigenvalue weighted by Gasteiger charge is 2.32. The fourth-order valence-corrected chi connectivity index (χ4v) is 2.59. The zero-order valence-corrected chi connectivity index (χ0v) is 18.1. The van der Waals surface area contributed by atoms with Crippen molar-refractivity contribution in [1.82, 2.24) is 10.5 Å². The normalized spacial score (nSPS) is 14.8. The number of hydrogen-bond acceptors (Lipinski definition) is 7. The van der Waals surface area contributed by atoms with Gasteiger partial charge >= 0.3 is 5.97 Å². The van der Waals surface area contributed by atoms with Gasteiger partial charge in [0.2, 0.25) is 5.91 Å². The summed E-state index contributed by atoms with van der Waals surface area (Å²) in [5.41, 5.74) is 3.92. The lowest BCUT2D eigenvalue weighted by atomic mass is 9.92. The van der Waals surface area contributed by atoms with Gasteiger partial charge in [-0.2, -0.15) is 5.10 Å². The molecular formula is C22H27N3O6. The smallest absolute Gasteiger partial charge is 0.356 e. The molecule has 166 valence electrons. The van der Waals surface area contributed by atoms with Crippen molar-refractivity contribution in [3.05, 3.63) is 42.0 Å². The standard InChI is InChI=1S/C22H27N3O6/c1-15(23-24-18(26)14-22(2,3)4)16-7-9-17(10-8-16)30-13-5-6-21(29)31-25-19(27)11-12-20(25)28/h5-10H,11-14H2,1-4H3,(H,24,26)/b6-5+,23-15+. The van der Waals surface area contributed by atoms with Crippen molar-refractivity contribution in [3.8, 4) is 5.75 Å². The zero-order valence-electron chi connectivity index (χ0n) is 18.1. The summed E-state index contributed by atoms with van der Waals surface area (Å²) in [5, 5.41) is 4.61. The van der Waals surface area contributed by atoms with E-state index >= 15 is 0 Å². The Hall–Kier alpha value is -3.49. The summed E-state index contributed by atoms with van der Waals surface area (Å²) in [7, 11) is 0. The third-order valence-corrected chi connectivity index (χ3v) is 4.10. The Kier molecular flexibility index (Phi) is 8.07. The number of nitrogens with zero attached hydrogens (tertiary/aromatic N) is 2. The van der Waals surface area contributed by atoms with Gasteiger partial charge in [-0.15, -0.1) is 5.06 Å². The number of imide groups is 1. The van der Waals surface area contributed by atoms with Crippen LogP contribution >= 0.6 is 0 Å². The molecule has 1 saturated heterocycles. The first-order chi connectivity index (χ1) is 14.5. The highest BCUT2D eigenvalue weighted by molar-refractivity contribution is 6.02. The molecule has 3 amide bonds. The monoisotopic (exact) mass is 429 g/mol. The molecule has 0 saturated carbocycles. The van der Waals surface area contributed by atoms with E-state index in [4.69, 9.17) is 9.57 Å². The van der Waals surface area contributed by atoms with Crippen molar-refractivity contribution in [2.24, 2.45) is 10.5 Å². The van der Waals surface area contributed by atoms with Crippen molar-refractivity contribution < 1.29 is 28.8 Å². The Morgan fingerprint density at radius 1 is 1.13 bits per heavy atom. The molecule has 1 fully saturated rings. The molecule has 0 bridgehead atoms. The van der Waals surface area contributed by atoms with Gasteiger partial charge in [-0.25, -0.2) is 10.2 Å². The molecule has 0 radical (unpaired) electrons. The Labute approximate surface area is 181 Å². The van der Waals surface area contributed by atoms with Gasteiger partial charge in [0, 0.05) is 25.3 Å². The molecule has 0 spiro atoms. The van der Waals surface area contributed by atoms with Gasteiger partial charge in [0.15, 0.2) is 0 Å². The number of rotatable bonds is 8. The number of carbonyl (C=O) groups is 4. The van der Waals surface area contributed by atoms with Gasteiger partial charge in [0.1, 0.15) is 12.4 Å². The van der Waals surface area contributed by atoms with Crippen LogP contribution in [0, 0.1) is 5.41 Å². The summed E-state index contributed by atoms with van der Waals surface area (Å²) < 4.78 is 5.50. The molecular weight excluding hydrogens is 402 g/mol. The van der Waals surface area contributed by atoms with Crippen LogP contribution in [-0.4, -0.2) is 41.1 Å². The molecule has 1 heterocycles. The van der Waals surface area contributed by atoms with Crippen molar-refractivity contribution in [1.29, 1.82) is 0 Å². The lowest BCUT2D eigenvalue weighted by Crippen LogP contribution is -2.31. The van der Waals surface area contributed by atoms with Crippen LogP contribution in [0.1, 0.15) is 52.5 Å². The first-order valence-corrected chi connectivity index (χ1v) is 9.86. The van der Waals surface area contributed by atoms with E-state index in [0.29, 0.717) is 22.9 Å². The summed E-state index contributed by atoms with van der Waals surface area (Å²) >= 11 is 0. The quantitative estimate of drug-likeness (QED) is 0.294. The van der Waals surface area contributed by atoms with Crippen LogP contribution in [0.2, 0.25) is 0 Å². The SMILES string of the molecule is C/C(=N\NC(=O)CC(C)(C)C)c1ccc(OC/C=C/C(=O)ON2C(=O)CCC2=O)cc1. The second-order valence-corrected chi connectivity index (χ2v) is 8.20. The maximum atomic E-state index is 11.9. The molecule has 9 nitrogen and oxygen atoms in total.